The molecular weight excluding hydrogens is 320 g/mol. The van der Waals surface area contributed by atoms with Gasteiger partial charge in [-0.2, -0.15) is 0 Å². The average Bonchev–Trinajstić information content (AvgIpc) is 2.82. The summed E-state index contributed by atoms with van der Waals surface area (Å²) < 4.78 is 0. The third-order valence-electron chi connectivity index (χ3n) is 4.72. The number of carboxylic acid groups (broad SMARTS) is 1. The first-order chi connectivity index (χ1) is 12.0. The molecule has 0 spiro atoms. The van der Waals surface area contributed by atoms with Crippen molar-refractivity contribution in [2.24, 2.45) is 11.8 Å². The van der Waals surface area contributed by atoms with E-state index >= 15 is 0 Å². The van der Waals surface area contributed by atoms with Gasteiger partial charge < -0.3 is 15.3 Å². The zero-order valence-corrected chi connectivity index (χ0v) is 15.1. The van der Waals surface area contributed by atoms with Gasteiger partial charge in [-0.25, -0.2) is 0 Å². The molecule has 1 fully saturated rings. The molecule has 5 nitrogen and oxygen atoms in total. The summed E-state index contributed by atoms with van der Waals surface area (Å²) in [5, 5.41) is 28.7. The van der Waals surface area contributed by atoms with Crippen LogP contribution in [0.1, 0.15) is 64.7 Å². The molecule has 0 aliphatic heterocycles. The first kappa shape index (κ1) is 21.6. The Balaban J connectivity index is 2.48. The smallest absolute Gasteiger partial charge is 0.303 e. The van der Waals surface area contributed by atoms with Gasteiger partial charge in [-0.05, 0) is 25.7 Å². The molecule has 0 radical (unpaired) electrons. The van der Waals surface area contributed by atoms with E-state index in [2.05, 4.69) is 6.92 Å². The van der Waals surface area contributed by atoms with Crippen molar-refractivity contribution in [1.82, 2.24) is 0 Å². The summed E-state index contributed by atoms with van der Waals surface area (Å²) in [7, 11) is 0. The Hall–Kier alpha value is -1.46. The van der Waals surface area contributed by atoms with Crippen LogP contribution in [0.15, 0.2) is 24.3 Å². The lowest BCUT2D eigenvalue weighted by Crippen LogP contribution is -2.19. The van der Waals surface area contributed by atoms with Gasteiger partial charge in [-0.3, -0.25) is 9.59 Å². The number of rotatable bonds is 12. The van der Waals surface area contributed by atoms with Crippen molar-refractivity contribution < 1.29 is 24.9 Å². The second-order valence-electron chi connectivity index (χ2n) is 6.87. The highest BCUT2D eigenvalue weighted by molar-refractivity contribution is 5.86. The molecule has 142 valence electrons. The van der Waals surface area contributed by atoms with Crippen LogP contribution in [-0.2, 0) is 9.59 Å². The van der Waals surface area contributed by atoms with E-state index in [0.717, 1.165) is 19.3 Å². The Morgan fingerprint density at radius 3 is 2.72 bits per heavy atom. The highest BCUT2D eigenvalue weighted by atomic mass is 16.4. The minimum Gasteiger partial charge on any atom is -0.481 e. The van der Waals surface area contributed by atoms with Gasteiger partial charge in [0.25, 0.3) is 0 Å². The molecule has 1 aliphatic carbocycles. The van der Waals surface area contributed by atoms with Crippen LogP contribution in [0, 0.1) is 11.8 Å². The molecule has 0 saturated heterocycles. The zero-order chi connectivity index (χ0) is 18.7. The monoisotopic (exact) mass is 352 g/mol. The minimum atomic E-state index is -0.798. The van der Waals surface area contributed by atoms with Crippen molar-refractivity contribution in [3.8, 4) is 0 Å². The number of unbranched alkanes of at least 4 members (excludes halogenated alkanes) is 3. The average molecular weight is 352 g/mol. The van der Waals surface area contributed by atoms with Gasteiger partial charge >= 0.3 is 5.97 Å². The molecule has 0 aromatic rings. The van der Waals surface area contributed by atoms with Gasteiger partial charge in [-0.1, -0.05) is 50.5 Å². The van der Waals surface area contributed by atoms with Gasteiger partial charge in [0, 0.05) is 24.7 Å². The van der Waals surface area contributed by atoms with Crippen LogP contribution in [-0.4, -0.2) is 39.3 Å². The molecule has 3 N–H and O–H groups in total. The maximum Gasteiger partial charge on any atom is 0.303 e. The predicted molar refractivity (Wildman–Crippen MR) is 97.1 cm³/mol. The van der Waals surface area contributed by atoms with E-state index in [4.69, 9.17) is 5.11 Å². The lowest BCUT2D eigenvalue weighted by Gasteiger charge is -2.17. The Bertz CT molecular complexity index is 469. The van der Waals surface area contributed by atoms with Crippen molar-refractivity contribution in [2.75, 3.05) is 0 Å². The highest BCUT2D eigenvalue weighted by Gasteiger charge is 2.39. The molecule has 0 aromatic carbocycles. The minimum absolute atomic E-state index is 0.0220. The molecule has 5 heteroatoms. The van der Waals surface area contributed by atoms with Crippen molar-refractivity contribution >= 4 is 11.8 Å². The van der Waals surface area contributed by atoms with E-state index in [1.54, 1.807) is 12.2 Å². The van der Waals surface area contributed by atoms with Crippen molar-refractivity contribution in [2.45, 2.75) is 76.9 Å². The number of carboxylic acids is 1. The maximum absolute atomic E-state index is 12.1. The third-order valence-corrected chi connectivity index (χ3v) is 4.72. The number of allylic oxidation sites excluding steroid dienone is 3. The number of ketones is 1. The molecule has 0 amide bonds. The summed E-state index contributed by atoms with van der Waals surface area (Å²) in [6.07, 6.45) is 12.1. The Kier molecular flexibility index (Phi) is 10.3. The summed E-state index contributed by atoms with van der Waals surface area (Å²) in [4.78, 5) is 22.5. The van der Waals surface area contributed by atoms with E-state index in [9.17, 15) is 19.8 Å². The SMILES string of the molecule is CCCCC[C@H](O)C=C[C@H]1C(=O)C[C@H](O)[C@H]1CC=CCCCC(=O)O. The molecule has 0 bridgehead atoms. The van der Waals surface area contributed by atoms with Crippen molar-refractivity contribution in [1.29, 1.82) is 0 Å². The zero-order valence-electron chi connectivity index (χ0n) is 15.1. The van der Waals surface area contributed by atoms with Crippen LogP contribution < -0.4 is 0 Å². The van der Waals surface area contributed by atoms with Gasteiger partial charge in [-0.15, -0.1) is 0 Å². The van der Waals surface area contributed by atoms with Gasteiger partial charge in [0.15, 0.2) is 0 Å². The lowest BCUT2D eigenvalue weighted by atomic mass is 9.90. The molecular formula is C20H32O5. The van der Waals surface area contributed by atoms with E-state index in [1.807, 2.05) is 12.2 Å². The van der Waals surface area contributed by atoms with Crippen LogP contribution >= 0.6 is 0 Å². The lowest BCUT2D eigenvalue weighted by molar-refractivity contribution is -0.137. The topological polar surface area (TPSA) is 94.8 Å². The van der Waals surface area contributed by atoms with Gasteiger partial charge in [0.2, 0.25) is 0 Å². The molecule has 0 aromatic heterocycles. The molecule has 25 heavy (non-hydrogen) atoms. The van der Waals surface area contributed by atoms with E-state index in [0.29, 0.717) is 25.7 Å². The van der Waals surface area contributed by atoms with E-state index in [-0.39, 0.29) is 30.5 Å². The van der Waals surface area contributed by atoms with Crippen LogP contribution in [0.25, 0.3) is 0 Å². The van der Waals surface area contributed by atoms with Crippen LogP contribution in [0.4, 0.5) is 0 Å². The summed E-state index contributed by atoms with van der Waals surface area (Å²) in [6, 6.07) is 0. The quantitative estimate of drug-likeness (QED) is 0.370. The molecule has 1 rings (SSSR count). The van der Waals surface area contributed by atoms with Crippen LogP contribution in [0.3, 0.4) is 0 Å². The number of Topliss-reactive ketones (excluding diaryl/α,β-unsaturated/α-hetero) is 1. The van der Waals surface area contributed by atoms with E-state index in [1.165, 1.54) is 0 Å². The molecule has 1 aliphatic rings. The number of aliphatic hydroxyl groups excluding tert-OH is 2. The number of carbonyl (C=O) groups is 2. The standard InChI is InChI=1S/C20H32O5/c1-2-3-6-9-15(21)12-13-17-16(18(22)14-19(17)23)10-7-4-5-8-11-20(24)25/h4,7,12-13,15-18,21-22H,2-3,5-6,8-11,14H2,1H3,(H,24,25)/t15-,16-,17+,18-/m0/s1. The predicted octanol–water partition coefficient (Wildman–Crippen LogP) is 3.25. The third kappa shape index (κ3) is 8.45. The first-order valence-electron chi connectivity index (χ1n) is 9.39. The summed E-state index contributed by atoms with van der Waals surface area (Å²) >= 11 is 0. The number of hydrogen-bond acceptors (Lipinski definition) is 4. The fraction of sp³-hybridized carbons (Fsp3) is 0.700. The van der Waals surface area contributed by atoms with Crippen molar-refractivity contribution in [3.05, 3.63) is 24.3 Å². The molecule has 0 heterocycles. The second-order valence-corrected chi connectivity index (χ2v) is 6.87. The van der Waals surface area contributed by atoms with Gasteiger partial charge in [0.1, 0.15) is 5.78 Å². The molecule has 1 saturated carbocycles. The normalized spacial score (nSPS) is 25.2. The fourth-order valence-corrected chi connectivity index (χ4v) is 3.22. The van der Waals surface area contributed by atoms with Crippen LogP contribution in [0.2, 0.25) is 0 Å². The fourth-order valence-electron chi connectivity index (χ4n) is 3.22. The largest absolute Gasteiger partial charge is 0.481 e. The highest BCUT2D eigenvalue weighted by Crippen LogP contribution is 2.33. The molecule has 4 atom stereocenters. The maximum atomic E-state index is 12.1. The van der Waals surface area contributed by atoms with Crippen molar-refractivity contribution in [3.63, 3.8) is 0 Å². The summed E-state index contributed by atoms with van der Waals surface area (Å²) in [5.41, 5.74) is 0. The number of hydrogen-bond donors (Lipinski definition) is 3. The number of aliphatic hydroxyl groups is 2. The summed E-state index contributed by atoms with van der Waals surface area (Å²) in [6.45, 7) is 2.11. The second kappa shape index (κ2) is 12.0. The summed E-state index contributed by atoms with van der Waals surface area (Å²) in [5.74, 6) is -1.29. The Morgan fingerprint density at radius 2 is 2.04 bits per heavy atom. The number of aliphatic carboxylic acids is 1. The number of carbonyl (C=O) groups excluding carboxylic acids is 1. The van der Waals surface area contributed by atoms with Gasteiger partial charge in [0.05, 0.1) is 12.2 Å². The van der Waals surface area contributed by atoms with E-state index < -0.39 is 18.2 Å². The Morgan fingerprint density at radius 1 is 1.28 bits per heavy atom. The first-order valence-corrected chi connectivity index (χ1v) is 9.39. The Labute approximate surface area is 150 Å². The van der Waals surface area contributed by atoms with Crippen LogP contribution in [0.5, 0.6) is 0 Å². The molecule has 0 unspecified atom stereocenters.